The van der Waals surface area contributed by atoms with Crippen LogP contribution in [0.4, 0.5) is 5.82 Å². The molecule has 0 bridgehead atoms. The Morgan fingerprint density at radius 3 is 2.12 bits per heavy atom. The molecule has 0 saturated carbocycles. The van der Waals surface area contributed by atoms with Gasteiger partial charge in [-0.25, -0.2) is 13.9 Å². The first-order valence-corrected chi connectivity index (χ1v) is 30.6. The van der Waals surface area contributed by atoms with Gasteiger partial charge < -0.3 is 55.9 Å². The molecule has 22 nitrogen and oxygen atoms in total. The normalized spacial score (nSPS) is 20.4. The lowest BCUT2D eigenvalue weighted by molar-refractivity contribution is -0.161. The molecule has 10 atom stereocenters. The summed E-state index contributed by atoms with van der Waals surface area (Å²) in [7, 11) is -11.1. The lowest BCUT2D eigenvalue weighted by Gasteiger charge is -2.23. The highest BCUT2D eigenvalue weighted by atomic mass is 32.2. The highest BCUT2D eigenvalue weighted by Gasteiger charge is 2.46. The number of carboxylic acid groups (broad SMARTS) is 1. The number of unbranched alkanes of at least 4 members (excludes halogenated alkanes) is 8. The Bertz CT molecular complexity index is 2280. The SMILES string of the molecule is CC/C=C\C/C=C\C/C=C\CCCCCCCC(=O)O[C@H](COC(=O)[C@@H](N)CS[C@H](/C=C/C=C/C=C\C/C=C\CCCCC)[C@@H](O)CCCC(=O)O)COP(=O)(O)OP(=O)(O)OC[C@H]1O[C@@H](n2ccc(N)nc2=O)[C@H](O)[C@@H]1O. The molecule has 440 valence electrons. The second kappa shape index (κ2) is 40.8. The van der Waals surface area contributed by atoms with Gasteiger partial charge in [0, 0.05) is 30.0 Å². The number of nitrogens with zero attached hydrogens (tertiary/aromatic N) is 2. The molecule has 10 N–H and O–H groups in total. The van der Waals surface area contributed by atoms with Crippen molar-refractivity contribution in [1.29, 1.82) is 0 Å². The summed E-state index contributed by atoms with van der Waals surface area (Å²) in [5, 5.41) is 40.5. The lowest BCUT2D eigenvalue weighted by Crippen LogP contribution is -2.38. The summed E-state index contributed by atoms with van der Waals surface area (Å²) in [6, 6.07) is -0.0844. The topological polar surface area (TPSA) is 349 Å². The molecule has 1 saturated heterocycles. The first-order chi connectivity index (χ1) is 37.3. The fourth-order valence-electron chi connectivity index (χ4n) is 7.24. The number of nitrogens with two attached hydrogens (primary N) is 2. The van der Waals surface area contributed by atoms with Gasteiger partial charge in [-0.1, -0.05) is 131 Å². The number of ether oxygens (including phenoxy) is 3. The van der Waals surface area contributed by atoms with E-state index in [1.165, 1.54) is 18.9 Å². The molecule has 2 rings (SSSR count). The third-order valence-corrected chi connectivity index (χ3v) is 15.5. The highest BCUT2D eigenvalue weighted by molar-refractivity contribution is 8.00. The van der Waals surface area contributed by atoms with Gasteiger partial charge >= 0.3 is 39.2 Å². The van der Waals surface area contributed by atoms with Gasteiger partial charge in [0.2, 0.25) is 0 Å². The molecule has 78 heavy (non-hydrogen) atoms. The molecule has 1 aromatic rings. The predicted molar refractivity (Wildman–Crippen MR) is 299 cm³/mol. The summed E-state index contributed by atoms with van der Waals surface area (Å²) < 4.78 is 57.0. The molecule has 1 fully saturated rings. The van der Waals surface area contributed by atoms with Crippen LogP contribution >= 0.6 is 27.4 Å². The molecule has 0 amide bonds. The van der Waals surface area contributed by atoms with E-state index >= 15 is 0 Å². The van der Waals surface area contributed by atoms with E-state index in [1.54, 1.807) is 18.2 Å². The van der Waals surface area contributed by atoms with E-state index in [1.807, 2.05) is 18.2 Å². The zero-order valence-corrected chi connectivity index (χ0v) is 47.5. The zero-order valence-electron chi connectivity index (χ0n) is 44.8. The third-order valence-electron chi connectivity index (χ3n) is 11.5. The number of rotatable bonds is 43. The fourth-order valence-corrected chi connectivity index (χ4v) is 10.5. The van der Waals surface area contributed by atoms with Crippen LogP contribution in [0.1, 0.15) is 136 Å². The zero-order chi connectivity index (χ0) is 57.6. The number of aliphatic carboxylic acids is 1. The molecular formula is C53H84N4O18P2S. The fraction of sp³-hybridized carbons (Fsp3) is 0.604. The van der Waals surface area contributed by atoms with Crippen molar-refractivity contribution in [2.45, 2.75) is 177 Å². The second-order valence-electron chi connectivity index (χ2n) is 18.2. The summed E-state index contributed by atoms with van der Waals surface area (Å²) in [6.45, 7) is 1.49. The van der Waals surface area contributed by atoms with Crippen molar-refractivity contribution in [2.75, 3.05) is 31.3 Å². The van der Waals surface area contributed by atoms with Gasteiger partial charge in [0.25, 0.3) is 0 Å². The molecule has 2 heterocycles. The van der Waals surface area contributed by atoms with E-state index in [0.29, 0.717) is 12.8 Å². The number of anilines is 1. The van der Waals surface area contributed by atoms with Crippen LogP contribution in [0.15, 0.2) is 102 Å². The summed E-state index contributed by atoms with van der Waals surface area (Å²) >= 11 is 1.12. The molecule has 0 radical (unpaired) electrons. The summed E-state index contributed by atoms with van der Waals surface area (Å²) in [4.78, 5) is 74.0. The summed E-state index contributed by atoms with van der Waals surface area (Å²) in [6.07, 6.45) is 32.9. The largest absolute Gasteiger partial charge is 0.481 e. The molecule has 0 aliphatic carbocycles. The van der Waals surface area contributed by atoms with Crippen LogP contribution in [-0.4, -0.2) is 125 Å². The summed E-state index contributed by atoms with van der Waals surface area (Å²) in [5.74, 6) is -2.99. The molecule has 1 aliphatic heterocycles. The number of allylic oxidation sites excluding steroid dienone is 13. The second-order valence-corrected chi connectivity index (χ2v) is 22.5. The standard InChI is InChI=1S/C53H84N4O18P2S/c1-3-5-7-9-11-13-15-17-18-19-21-23-25-27-29-34-48(61)73-41(38-71-76(66,67)75-77(68,69)72-39-44-49(62)50(63)51(74-44)57-36-35-46(55)56-53(57)65)37-70-52(64)42(54)40-78-45(43(58)31-30-33-47(59)60)32-28-26-24-22-20-16-14-12-10-8-6-4-2/h5,7,11-14,17-18,20,22,24,26,28,32,35-36,41-45,49-51,58,62-63H,3-4,6,8-10,15-16,19,21,23,25,27,29-31,33-34,37-40,54H2,1-2H3,(H,59,60)(H,66,67)(H,68,69)(H2,55,56,65)/b7-5-,13-11-,14-12-,18-17-,22-20-,26-24+,32-28+/t41-,42+,43+,44-,45-,49-,50-,51-/m1/s1. The van der Waals surface area contributed by atoms with E-state index in [4.69, 9.17) is 39.8 Å². The number of hydrogen-bond donors (Lipinski definition) is 8. The number of phosphoric acid groups is 2. The van der Waals surface area contributed by atoms with Crippen LogP contribution in [0.2, 0.25) is 0 Å². The first-order valence-electron chi connectivity index (χ1n) is 26.5. The van der Waals surface area contributed by atoms with Gasteiger partial charge in [0.05, 0.1) is 19.3 Å². The quantitative estimate of drug-likeness (QED) is 0.0101. The van der Waals surface area contributed by atoms with E-state index in [2.05, 4.69) is 71.8 Å². The van der Waals surface area contributed by atoms with Gasteiger partial charge in [0.15, 0.2) is 12.3 Å². The number of esters is 2. The molecular weight excluding hydrogens is 1070 g/mol. The Morgan fingerprint density at radius 2 is 1.44 bits per heavy atom. The molecule has 0 spiro atoms. The van der Waals surface area contributed by atoms with Crippen molar-refractivity contribution in [1.82, 2.24) is 9.55 Å². The maximum Gasteiger partial charge on any atom is 0.481 e. The van der Waals surface area contributed by atoms with Crippen molar-refractivity contribution in [3.63, 3.8) is 0 Å². The van der Waals surface area contributed by atoms with E-state index in [0.717, 1.165) is 86.7 Å². The third kappa shape index (κ3) is 32.1. The van der Waals surface area contributed by atoms with Crippen LogP contribution < -0.4 is 17.2 Å². The lowest BCUT2D eigenvalue weighted by atomic mass is 10.1. The Labute approximate surface area is 462 Å². The van der Waals surface area contributed by atoms with Gasteiger partial charge in [-0.3, -0.25) is 28.0 Å². The Morgan fingerprint density at radius 1 is 0.808 bits per heavy atom. The maximum atomic E-state index is 13.2. The van der Waals surface area contributed by atoms with E-state index in [9.17, 15) is 53.4 Å². The van der Waals surface area contributed by atoms with Gasteiger partial charge in [-0.2, -0.15) is 9.29 Å². The maximum absolute atomic E-state index is 13.2. The van der Waals surface area contributed by atoms with Crippen LogP contribution in [-0.2, 0) is 51.1 Å². The minimum atomic E-state index is -5.56. The predicted octanol–water partition coefficient (Wildman–Crippen LogP) is 7.98. The smallest absolute Gasteiger partial charge is 0.481 e. The molecule has 1 aliphatic rings. The molecule has 25 heteroatoms. The number of carboxylic acids is 1. The number of thioether (sulfide) groups is 1. The first kappa shape index (κ1) is 69.8. The average Bonchev–Trinajstić information content (AvgIpc) is 3.67. The number of carbonyl (C=O) groups excluding carboxylic acids is 2. The Kier molecular flexibility index (Phi) is 36.5. The van der Waals surface area contributed by atoms with Crippen molar-refractivity contribution in [3.05, 3.63) is 108 Å². The number of phosphoric ester groups is 2. The van der Waals surface area contributed by atoms with Crippen LogP contribution in [0.25, 0.3) is 0 Å². The minimum Gasteiger partial charge on any atom is -0.481 e. The number of nitrogen functional groups attached to an aromatic ring is 1. The van der Waals surface area contributed by atoms with Gasteiger partial charge in [0.1, 0.15) is 36.8 Å². The monoisotopic (exact) mass is 1160 g/mol. The Hall–Kier alpha value is -4.32. The van der Waals surface area contributed by atoms with Gasteiger partial charge in [-0.05, 0) is 76.7 Å². The van der Waals surface area contributed by atoms with Gasteiger partial charge in [-0.15, -0.1) is 11.8 Å². The van der Waals surface area contributed by atoms with Crippen LogP contribution in [0.3, 0.4) is 0 Å². The number of aromatic nitrogens is 2. The molecule has 2 unspecified atom stereocenters. The van der Waals surface area contributed by atoms with E-state index in [-0.39, 0.29) is 37.3 Å². The number of aliphatic hydroxyl groups excluding tert-OH is 3. The number of carbonyl (C=O) groups is 3. The van der Waals surface area contributed by atoms with Crippen LogP contribution in [0, 0.1) is 0 Å². The molecule has 0 aromatic carbocycles. The number of aliphatic hydroxyl groups is 3. The average molecular weight is 1160 g/mol. The van der Waals surface area contributed by atoms with Crippen molar-refractivity contribution in [3.8, 4) is 0 Å². The van der Waals surface area contributed by atoms with Crippen molar-refractivity contribution >= 4 is 51.1 Å². The number of hydrogen-bond acceptors (Lipinski definition) is 19. The van der Waals surface area contributed by atoms with Crippen molar-refractivity contribution in [2.24, 2.45) is 5.73 Å². The van der Waals surface area contributed by atoms with E-state index < -0.39 is 107 Å². The minimum absolute atomic E-state index is 0.0763. The Balaban J connectivity index is 2.06. The highest BCUT2D eigenvalue weighted by Crippen LogP contribution is 2.60. The van der Waals surface area contributed by atoms with Crippen LogP contribution in [0.5, 0.6) is 0 Å². The molecule has 1 aromatic heterocycles. The summed E-state index contributed by atoms with van der Waals surface area (Å²) in [5.41, 5.74) is 10.7. The van der Waals surface area contributed by atoms with Crippen molar-refractivity contribution < 1.29 is 81.3 Å².